The summed E-state index contributed by atoms with van der Waals surface area (Å²) in [4.78, 5) is 4.81. The summed E-state index contributed by atoms with van der Waals surface area (Å²) < 4.78 is 13.9. The average molecular weight is 348 g/mol. The van der Waals surface area contributed by atoms with E-state index in [-0.39, 0.29) is 11.9 Å². The van der Waals surface area contributed by atoms with Gasteiger partial charge in [-0.25, -0.2) is 4.39 Å². The molecule has 2 aromatic rings. The first-order valence-corrected chi connectivity index (χ1v) is 9.36. The molecule has 0 saturated carbocycles. The summed E-state index contributed by atoms with van der Waals surface area (Å²) in [5.74, 6) is -0.239. The standard InChI is InChI=1S/C18H25FN4S/c1-13(23-11-6-7-14(10-12-23)22(2)3)17-20-21-18(24-17)15-8-4-5-9-16(15)19/h4-5,8-9,13-14H,6-7,10-12H2,1-3H3/t13-,14+/m1/s1. The monoisotopic (exact) mass is 348 g/mol. The lowest BCUT2D eigenvalue weighted by molar-refractivity contribution is 0.207. The smallest absolute Gasteiger partial charge is 0.150 e. The van der Waals surface area contributed by atoms with Gasteiger partial charge in [0.25, 0.3) is 0 Å². The Hall–Kier alpha value is -1.37. The second-order valence-electron chi connectivity index (χ2n) is 6.69. The minimum atomic E-state index is -0.239. The highest BCUT2D eigenvalue weighted by Crippen LogP contribution is 2.31. The largest absolute Gasteiger partial charge is 0.306 e. The predicted octanol–water partition coefficient (Wildman–Crippen LogP) is 3.82. The first-order valence-electron chi connectivity index (χ1n) is 8.55. The van der Waals surface area contributed by atoms with Crippen molar-refractivity contribution in [2.24, 2.45) is 0 Å². The molecule has 2 heterocycles. The molecule has 2 atom stereocenters. The lowest BCUT2D eigenvalue weighted by atomic mass is 10.1. The quantitative estimate of drug-likeness (QED) is 0.841. The van der Waals surface area contributed by atoms with Gasteiger partial charge in [0, 0.05) is 18.2 Å². The second-order valence-corrected chi connectivity index (χ2v) is 7.69. The summed E-state index contributed by atoms with van der Waals surface area (Å²) in [7, 11) is 4.32. The Bertz CT molecular complexity index is 673. The maximum atomic E-state index is 13.9. The van der Waals surface area contributed by atoms with Gasteiger partial charge in [0.1, 0.15) is 10.8 Å². The number of nitrogens with zero attached hydrogens (tertiary/aromatic N) is 4. The van der Waals surface area contributed by atoms with Crippen LogP contribution in [0.25, 0.3) is 10.6 Å². The summed E-state index contributed by atoms with van der Waals surface area (Å²) in [6, 6.07) is 7.64. The SMILES string of the molecule is C[C@H](c1nnc(-c2ccccc2F)s1)N1CCC[C@H](N(C)C)CC1. The molecule has 1 aliphatic rings. The summed E-state index contributed by atoms with van der Waals surface area (Å²) in [5.41, 5.74) is 0.539. The fourth-order valence-corrected chi connectivity index (χ4v) is 4.26. The van der Waals surface area contributed by atoms with Crippen molar-refractivity contribution in [2.45, 2.75) is 38.3 Å². The van der Waals surface area contributed by atoms with Crippen LogP contribution in [0.1, 0.15) is 37.2 Å². The topological polar surface area (TPSA) is 32.3 Å². The zero-order valence-electron chi connectivity index (χ0n) is 14.6. The molecule has 1 saturated heterocycles. The molecule has 0 radical (unpaired) electrons. The number of halogens is 1. The molecule has 1 aromatic heterocycles. The number of hydrogen-bond donors (Lipinski definition) is 0. The zero-order chi connectivity index (χ0) is 17.1. The van der Waals surface area contributed by atoms with Crippen molar-refractivity contribution < 1.29 is 4.39 Å². The molecule has 0 amide bonds. The van der Waals surface area contributed by atoms with Gasteiger partial charge in [-0.3, -0.25) is 4.90 Å². The molecule has 24 heavy (non-hydrogen) atoms. The van der Waals surface area contributed by atoms with Crippen molar-refractivity contribution in [1.29, 1.82) is 0 Å². The van der Waals surface area contributed by atoms with Gasteiger partial charge in [0.15, 0.2) is 5.01 Å². The molecule has 0 unspecified atom stereocenters. The molecule has 0 aliphatic carbocycles. The van der Waals surface area contributed by atoms with Crippen LogP contribution in [0.5, 0.6) is 0 Å². The van der Waals surface area contributed by atoms with E-state index in [4.69, 9.17) is 0 Å². The van der Waals surface area contributed by atoms with Crippen molar-refractivity contribution in [2.75, 3.05) is 27.2 Å². The Labute approximate surface area is 147 Å². The van der Waals surface area contributed by atoms with E-state index in [0.29, 0.717) is 16.6 Å². The molecule has 1 aliphatic heterocycles. The molecule has 130 valence electrons. The third-order valence-electron chi connectivity index (χ3n) is 4.91. The number of rotatable bonds is 4. The van der Waals surface area contributed by atoms with E-state index in [0.717, 1.165) is 18.1 Å². The van der Waals surface area contributed by atoms with Gasteiger partial charge in [-0.05, 0) is 59.0 Å². The van der Waals surface area contributed by atoms with Crippen LogP contribution in [0.4, 0.5) is 4.39 Å². The number of benzene rings is 1. The molecule has 6 heteroatoms. The normalized spacial score (nSPS) is 21.0. The maximum absolute atomic E-state index is 13.9. The molecule has 4 nitrogen and oxygen atoms in total. The van der Waals surface area contributed by atoms with E-state index in [1.165, 1.54) is 36.7 Å². The van der Waals surface area contributed by atoms with Gasteiger partial charge in [-0.1, -0.05) is 23.5 Å². The fourth-order valence-electron chi connectivity index (χ4n) is 3.31. The third-order valence-corrected chi connectivity index (χ3v) is 6.04. The molecular formula is C18H25FN4S. The van der Waals surface area contributed by atoms with Crippen molar-refractivity contribution in [3.63, 3.8) is 0 Å². The van der Waals surface area contributed by atoms with Gasteiger partial charge in [0.05, 0.1) is 6.04 Å². The number of aromatic nitrogens is 2. The zero-order valence-corrected chi connectivity index (χ0v) is 15.4. The van der Waals surface area contributed by atoms with Crippen molar-refractivity contribution in [3.05, 3.63) is 35.1 Å². The van der Waals surface area contributed by atoms with Crippen molar-refractivity contribution in [3.8, 4) is 10.6 Å². The van der Waals surface area contributed by atoms with E-state index in [9.17, 15) is 4.39 Å². The molecule has 0 N–H and O–H groups in total. The van der Waals surface area contributed by atoms with Gasteiger partial charge in [-0.2, -0.15) is 0 Å². The minimum absolute atomic E-state index is 0.226. The Morgan fingerprint density at radius 1 is 1.21 bits per heavy atom. The van der Waals surface area contributed by atoms with Crippen molar-refractivity contribution in [1.82, 2.24) is 20.0 Å². The van der Waals surface area contributed by atoms with Crippen LogP contribution in [0.3, 0.4) is 0 Å². The van der Waals surface area contributed by atoms with Gasteiger partial charge in [0.2, 0.25) is 0 Å². The fraction of sp³-hybridized carbons (Fsp3) is 0.556. The van der Waals surface area contributed by atoms with Gasteiger partial charge in [-0.15, -0.1) is 10.2 Å². The summed E-state index contributed by atoms with van der Waals surface area (Å²) in [6.07, 6.45) is 3.62. The Balaban J connectivity index is 1.72. The lowest BCUT2D eigenvalue weighted by Crippen LogP contribution is -2.31. The van der Waals surface area contributed by atoms with E-state index >= 15 is 0 Å². The van der Waals surface area contributed by atoms with E-state index in [2.05, 4.69) is 41.0 Å². The van der Waals surface area contributed by atoms with Crippen LogP contribution in [0, 0.1) is 5.82 Å². The minimum Gasteiger partial charge on any atom is -0.306 e. The molecule has 0 spiro atoms. The average Bonchev–Trinajstić information content (AvgIpc) is 2.91. The number of hydrogen-bond acceptors (Lipinski definition) is 5. The Morgan fingerprint density at radius 3 is 2.75 bits per heavy atom. The molecule has 0 bridgehead atoms. The van der Waals surface area contributed by atoms with Gasteiger partial charge < -0.3 is 4.90 Å². The van der Waals surface area contributed by atoms with Crippen LogP contribution in [0.15, 0.2) is 24.3 Å². The maximum Gasteiger partial charge on any atom is 0.150 e. The first-order chi connectivity index (χ1) is 11.6. The van der Waals surface area contributed by atoms with Crippen LogP contribution in [0.2, 0.25) is 0 Å². The summed E-state index contributed by atoms with van der Waals surface area (Å²) in [6.45, 7) is 4.33. The first kappa shape index (κ1) is 17.5. The third kappa shape index (κ3) is 3.82. The highest BCUT2D eigenvalue weighted by Gasteiger charge is 2.25. The lowest BCUT2D eigenvalue weighted by Gasteiger charge is -2.26. The van der Waals surface area contributed by atoms with Gasteiger partial charge >= 0.3 is 0 Å². The van der Waals surface area contributed by atoms with Crippen LogP contribution in [-0.2, 0) is 0 Å². The van der Waals surface area contributed by atoms with Crippen molar-refractivity contribution >= 4 is 11.3 Å². The van der Waals surface area contributed by atoms with E-state index in [1.807, 2.05) is 6.07 Å². The molecule has 1 aromatic carbocycles. The van der Waals surface area contributed by atoms with Crippen LogP contribution < -0.4 is 0 Å². The molecule has 1 fully saturated rings. The predicted molar refractivity (Wildman–Crippen MR) is 96.6 cm³/mol. The van der Waals surface area contributed by atoms with Crippen LogP contribution >= 0.6 is 11.3 Å². The summed E-state index contributed by atoms with van der Waals surface area (Å²) in [5, 5.41) is 10.2. The van der Waals surface area contributed by atoms with Crippen LogP contribution in [-0.4, -0.2) is 53.2 Å². The Morgan fingerprint density at radius 2 is 2.00 bits per heavy atom. The molecular weight excluding hydrogens is 323 g/mol. The highest BCUT2D eigenvalue weighted by molar-refractivity contribution is 7.14. The Kier molecular flexibility index (Phi) is 5.58. The van der Waals surface area contributed by atoms with E-state index < -0.39 is 0 Å². The number of likely N-dealkylation sites (tertiary alicyclic amines) is 1. The van der Waals surface area contributed by atoms with E-state index in [1.54, 1.807) is 12.1 Å². The molecule has 3 rings (SSSR count). The second kappa shape index (κ2) is 7.68. The highest BCUT2D eigenvalue weighted by atomic mass is 32.1. The summed E-state index contributed by atoms with van der Waals surface area (Å²) >= 11 is 1.50.